The molecule has 0 bridgehead atoms. The van der Waals surface area contributed by atoms with E-state index in [0.717, 1.165) is 20.2 Å². The molecular formula is C14H13Br2NO. The van der Waals surface area contributed by atoms with Gasteiger partial charge in [0.15, 0.2) is 0 Å². The molecule has 2 N–H and O–H groups in total. The van der Waals surface area contributed by atoms with Crippen LogP contribution in [-0.4, -0.2) is 11.7 Å². The molecule has 4 heteroatoms. The van der Waals surface area contributed by atoms with Gasteiger partial charge in [0.25, 0.3) is 0 Å². The van der Waals surface area contributed by atoms with Crippen molar-refractivity contribution in [2.24, 2.45) is 0 Å². The van der Waals surface area contributed by atoms with Gasteiger partial charge in [0.05, 0.1) is 12.6 Å². The first-order chi connectivity index (χ1) is 8.70. The second kappa shape index (κ2) is 6.36. The van der Waals surface area contributed by atoms with E-state index in [9.17, 15) is 5.11 Å². The van der Waals surface area contributed by atoms with Gasteiger partial charge in [-0.2, -0.15) is 0 Å². The van der Waals surface area contributed by atoms with Gasteiger partial charge in [0, 0.05) is 14.6 Å². The standard InChI is InChI=1S/C14H13Br2NO/c15-11-5-3-4-10(8-11)14(9-18)17-13-7-2-1-6-12(13)16/h1-8,14,17-18H,9H2. The van der Waals surface area contributed by atoms with Crippen LogP contribution < -0.4 is 5.32 Å². The number of anilines is 1. The van der Waals surface area contributed by atoms with Crippen LogP contribution in [0.5, 0.6) is 0 Å². The third-order valence-corrected chi connectivity index (χ3v) is 3.82. The van der Waals surface area contributed by atoms with Gasteiger partial charge in [-0.15, -0.1) is 0 Å². The molecule has 1 unspecified atom stereocenters. The van der Waals surface area contributed by atoms with E-state index in [1.807, 2.05) is 48.5 Å². The molecule has 0 saturated carbocycles. The summed E-state index contributed by atoms with van der Waals surface area (Å²) in [5.41, 5.74) is 2.01. The Hall–Kier alpha value is -0.840. The van der Waals surface area contributed by atoms with Gasteiger partial charge in [-0.1, -0.05) is 40.2 Å². The van der Waals surface area contributed by atoms with Gasteiger partial charge in [0.1, 0.15) is 0 Å². The fourth-order valence-corrected chi connectivity index (χ4v) is 2.54. The molecule has 0 aliphatic heterocycles. The summed E-state index contributed by atoms with van der Waals surface area (Å²) in [5, 5.41) is 12.9. The van der Waals surface area contributed by atoms with E-state index >= 15 is 0 Å². The Morgan fingerprint density at radius 2 is 1.83 bits per heavy atom. The second-order valence-electron chi connectivity index (χ2n) is 3.91. The van der Waals surface area contributed by atoms with Crippen LogP contribution in [0.15, 0.2) is 57.5 Å². The lowest BCUT2D eigenvalue weighted by Crippen LogP contribution is -2.15. The Balaban J connectivity index is 2.23. The molecule has 2 nitrogen and oxygen atoms in total. The highest BCUT2D eigenvalue weighted by molar-refractivity contribution is 9.10. The number of rotatable bonds is 4. The largest absolute Gasteiger partial charge is 0.394 e. The minimum absolute atomic E-state index is 0.0395. The lowest BCUT2D eigenvalue weighted by Gasteiger charge is -2.19. The van der Waals surface area contributed by atoms with Gasteiger partial charge in [-0.3, -0.25) is 0 Å². The Morgan fingerprint density at radius 1 is 1.06 bits per heavy atom. The molecular weight excluding hydrogens is 358 g/mol. The normalized spacial score (nSPS) is 12.2. The minimum atomic E-state index is -0.124. The van der Waals surface area contributed by atoms with E-state index in [1.165, 1.54) is 0 Å². The molecule has 0 heterocycles. The monoisotopic (exact) mass is 369 g/mol. The molecule has 0 aromatic heterocycles. The average Bonchev–Trinajstić information content (AvgIpc) is 2.38. The first-order valence-corrected chi connectivity index (χ1v) is 7.16. The number of halogens is 2. The third-order valence-electron chi connectivity index (χ3n) is 2.64. The van der Waals surface area contributed by atoms with Crippen molar-refractivity contribution in [1.29, 1.82) is 0 Å². The predicted molar refractivity (Wildman–Crippen MR) is 81.7 cm³/mol. The number of aliphatic hydroxyl groups is 1. The van der Waals surface area contributed by atoms with Crippen LogP contribution in [0.4, 0.5) is 5.69 Å². The van der Waals surface area contributed by atoms with Gasteiger partial charge in [-0.25, -0.2) is 0 Å². The van der Waals surface area contributed by atoms with Gasteiger partial charge in [0.2, 0.25) is 0 Å². The molecule has 0 aliphatic rings. The maximum atomic E-state index is 9.53. The first kappa shape index (κ1) is 13.6. The molecule has 0 radical (unpaired) electrons. The highest BCUT2D eigenvalue weighted by Gasteiger charge is 2.11. The van der Waals surface area contributed by atoms with Crippen molar-refractivity contribution in [2.75, 3.05) is 11.9 Å². The van der Waals surface area contributed by atoms with Crippen LogP contribution in [-0.2, 0) is 0 Å². The van der Waals surface area contributed by atoms with E-state index in [1.54, 1.807) is 0 Å². The Morgan fingerprint density at radius 3 is 2.50 bits per heavy atom. The maximum absolute atomic E-state index is 9.53. The van der Waals surface area contributed by atoms with E-state index in [2.05, 4.69) is 37.2 Å². The molecule has 0 saturated heterocycles. The maximum Gasteiger partial charge on any atom is 0.0745 e. The minimum Gasteiger partial charge on any atom is -0.394 e. The number of aliphatic hydroxyl groups excluding tert-OH is 1. The van der Waals surface area contributed by atoms with E-state index in [-0.39, 0.29) is 12.6 Å². The smallest absolute Gasteiger partial charge is 0.0745 e. The zero-order valence-corrected chi connectivity index (χ0v) is 12.8. The number of benzene rings is 2. The molecule has 94 valence electrons. The summed E-state index contributed by atoms with van der Waals surface area (Å²) in [7, 11) is 0. The summed E-state index contributed by atoms with van der Waals surface area (Å²) in [5.74, 6) is 0. The van der Waals surface area contributed by atoms with Crippen molar-refractivity contribution in [3.8, 4) is 0 Å². The van der Waals surface area contributed by atoms with Crippen LogP contribution in [0.25, 0.3) is 0 Å². The number of nitrogens with one attached hydrogen (secondary N) is 1. The molecule has 0 aliphatic carbocycles. The lowest BCUT2D eigenvalue weighted by atomic mass is 10.1. The van der Waals surface area contributed by atoms with Crippen molar-refractivity contribution in [2.45, 2.75) is 6.04 Å². The van der Waals surface area contributed by atoms with Crippen LogP contribution in [0.2, 0.25) is 0 Å². The molecule has 1 atom stereocenters. The fraction of sp³-hybridized carbons (Fsp3) is 0.143. The Kier molecular flexibility index (Phi) is 4.80. The van der Waals surface area contributed by atoms with E-state index < -0.39 is 0 Å². The number of hydrogen-bond acceptors (Lipinski definition) is 2. The topological polar surface area (TPSA) is 32.3 Å². The number of para-hydroxylation sites is 1. The highest BCUT2D eigenvalue weighted by Crippen LogP contribution is 2.27. The predicted octanol–water partition coefficient (Wildman–Crippen LogP) is 4.36. The van der Waals surface area contributed by atoms with Crippen molar-refractivity contribution in [1.82, 2.24) is 0 Å². The van der Waals surface area contributed by atoms with Crippen molar-refractivity contribution >= 4 is 37.5 Å². The van der Waals surface area contributed by atoms with Crippen LogP contribution in [0.1, 0.15) is 11.6 Å². The van der Waals surface area contributed by atoms with Crippen molar-refractivity contribution in [3.63, 3.8) is 0 Å². The quantitative estimate of drug-likeness (QED) is 0.838. The van der Waals surface area contributed by atoms with Crippen LogP contribution >= 0.6 is 31.9 Å². The number of hydrogen-bond donors (Lipinski definition) is 2. The van der Waals surface area contributed by atoms with Gasteiger partial charge < -0.3 is 10.4 Å². The molecule has 2 aromatic carbocycles. The highest BCUT2D eigenvalue weighted by atomic mass is 79.9. The summed E-state index contributed by atoms with van der Waals surface area (Å²) in [6, 6.07) is 15.7. The van der Waals surface area contributed by atoms with E-state index in [0.29, 0.717) is 0 Å². The first-order valence-electron chi connectivity index (χ1n) is 5.58. The zero-order valence-electron chi connectivity index (χ0n) is 9.61. The van der Waals surface area contributed by atoms with Crippen molar-refractivity contribution < 1.29 is 5.11 Å². The third kappa shape index (κ3) is 3.34. The molecule has 2 rings (SSSR count). The zero-order chi connectivity index (χ0) is 13.0. The van der Waals surface area contributed by atoms with E-state index in [4.69, 9.17) is 0 Å². The summed E-state index contributed by atoms with van der Waals surface area (Å²) in [6.45, 7) is 0.0395. The van der Waals surface area contributed by atoms with Crippen LogP contribution in [0.3, 0.4) is 0 Å². The summed E-state index contributed by atoms with van der Waals surface area (Å²) in [6.07, 6.45) is 0. The Bertz CT molecular complexity index is 531. The van der Waals surface area contributed by atoms with Gasteiger partial charge in [-0.05, 0) is 45.8 Å². The Labute approximate surface area is 123 Å². The fourth-order valence-electron chi connectivity index (χ4n) is 1.72. The molecule has 0 spiro atoms. The molecule has 0 amide bonds. The summed E-state index contributed by atoms with van der Waals surface area (Å²) >= 11 is 6.93. The second-order valence-corrected chi connectivity index (χ2v) is 5.68. The van der Waals surface area contributed by atoms with Crippen molar-refractivity contribution in [3.05, 3.63) is 63.0 Å². The lowest BCUT2D eigenvalue weighted by molar-refractivity contribution is 0.276. The van der Waals surface area contributed by atoms with Gasteiger partial charge >= 0.3 is 0 Å². The molecule has 0 fully saturated rings. The molecule has 18 heavy (non-hydrogen) atoms. The average molecular weight is 371 g/mol. The summed E-state index contributed by atoms with van der Waals surface area (Å²) in [4.78, 5) is 0. The molecule has 2 aromatic rings. The SMILES string of the molecule is OCC(Nc1ccccc1Br)c1cccc(Br)c1. The van der Waals surface area contributed by atoms with Crippen LogP contribution in [0, 0.1) is 0 Å². The summed E-state index contributed by atoms with van der Waals surface area (Å²) < 4.78 is 1.99.